The summed E-state index contributed by atoms with van der Waals surface area (Å²) in [5.41, 5.74) is -1.20. The first-order valence-electron chi connectivity index (χ1n) is 11.1. The fraction of sp³-hybridized carbons (Fsp3) is 0.500. The molecule has 1 saturated heterocycles. The summed E-state index contributed by atoms with van der Waals surface area (Å²) in [7, 11) is 0. The number of esters is 2. The van der Waals surface area contributed by atoms with E-state index in [-0.39, 0.29) is 48.6 Å². The number of ether oxygens (including phenoxy) is 3. The summed E-state index contributed by atoms with van der Waals surface area (Å²) >= 11 is 8.33. The summed E-state index contributed by atoms with van der Waals surface area (Å²) in [5, 5.41) is 22.5. The molecule has 1 aromatic rings. The van der Waals surface area contributed by atoms with Crippen molar-refractivity contribution in [1.82, 2.24) is 4.90 Å². The van der Waals surface area contributed by atoms with Crippen LogP contribution in [0.5, 0.6) is 0 Å². The quantitative estimate of drug-likeness (QED) is 0.103. The lowest BCUT2D eigenvalue weighted by atomic mass is 9.97. The van der Waals surface area contributed by atoms with Crippen molar-refractivity contribution in [2.45, 2.75) is 38.6 Å². The maximum Gasteiger partial charge on any atom is 0.410 e. The predicted octanol–water partition coefficient (Wildman–Crippen LogP) is 3.11. The highest BCUT2D eigenvalue weighted by molar-refractivity contribution is 7.80. The van der Waals surface area contributed by atoms with Crippen LogP contribution in [0.3, 0.4) is 0 Å². The topological polar surface area (TPSA) is 168 Å². The van der Waals surface area contributed by atoms with Crippen LogP contribution in [0.25, 0.3) is 0 Å². The zero-order valence-corrected chi connectivity index (χ0v) is 21.7. The number of carbonyl (C=O) groups excluding carboxylic acids is 3. The predicted molar refractivity (Wildman–Crippen MR) is 137 cm³/mol. The van der Waals surface area contributed by atoms with Gasteiger partial charge in [-0.2, -0.15) is 25.3 Å². The molecular weight excluding hydrogens is 530 g/mol. The van der Waals surface area contributed by atoms with Crippen LogP contribution >= 0.6 is 25.3 Å². The van der Waals surface area contributed by atoms with Gasteiger partial charge in [0, 0.05) is 42.3 Å². The van der Waals surface area contributed by atoms with E-state index in [1.54, 1.807) is 0 Å². The van der Waals surface area contributed by atoms with E-state index >= 15 is 0 Å². The van der Waals surface area contributed by atoms with Crippen molar-refractivity contribution in [2.75, 3.05) is 24.6 Å². The molecule has 2 rings (SSSR count). The first kappa shape index (κ1) is 29.9. The van der Waals surface area contributed by atoms with Gasteiger partial charge in [-0.1, -0.05) is 6.58 Å². The molecule has 0 bridgehead atoms. The van der Waals surface area contributed by atoms with Gasteiger partial charge in [0.1, 0.15) is 24.4 Å². The Morgan fingerprint density at radius 3 is 2.03 bits per heavy atom. The van der Waals surface area contributed by atoms with Crippen molar-refractivity contribution in [3.05, 3.63) is 56.1 Å². The molecule has 202 valence electrons. The molecule has 2 atom stereocenters. The van der Waals surface area contributed by atoms with Crippen molar-refractivity contribution >= 4 is 54.7 Å². The largest absolute Gasteiger partial charge is 0.457 e. The van der Waals surface area contributed by atoms with Crippen molar-refractivity contribution in [3.8, 4) is 0 Å². The smallest absolute Gasteiger partial charge is 0.410 e. The summed E-state index contributed by atoms with van der Waals surface area (Å²) in [6.07, 6.45) is -1.99. The molecule has 1 heterocycles. The average Bonchev–Trinajstić information content (AvgIpc) is 2.88. The van der Waals surface area contributed by atoms with Crippen LogP contribution in [-0.2, 0) is 30.4 Å². The van der Waals surface area contributed by atoms with E-state index in [0.29, 0.717) is 0 Å². The number of nitrogens with zero attached hydrogens (tertiary/aromatic N) is 3. The Morgan fingerprint density at radius 2 is 1.57 bits per heavy atom. The molecule has 1 fully saturated rings. The number of rotatable bonds is 11. The lowest BCUT2D eigenvalue weighted by Crippen LogP contribution is -2.43. The zero-order chi connectivity index (χ0) is 27.7. The van der Waals surface area contributed by atoms with Crippen molar-refractivity contribution in [2.24, 2.45) is 5.92 Å². The minimum Gasteiger partial charge on any atom is -0.457 e. The van der Waals surface area contributed by atoms with Crippen LogP contribution < -0.4 is 0 Å². The summed E-state index contributed by atoms with van der Waals surface area (Å²) in [4.78, 5) is 59.2. The van der Waals surface area contributed by atoms with E-state index in [0.717, 1.165) is 12.1 Å². The summed E-state index contributed by atoms with van der Waals surface area (Å²) in [6.45, 7) is 4.59. The molecule has 1 aliphatic rings. The first-order chi connectivity index (χ1) is 17.5. The monoisotopic (exact) mass is 557 g/mol. The lowest BCUT2D eigenvalue weighted by molar-refractivity contribution is -0.396. The number of nitro groups is 2. The molecule has 1 amide bonds. The van der Waals surface area contributed by atoms with Gasteiger partial charge >= 0.3 is 18.0 Å². The van der Waals surface area contributed by atoms with Gasteiger partial charge < -0.3 is 19.1 Å². The molecule has 2 unspecified atom stereocenters. The molecule has 13 nitrogen and oxygen atoms in total. The third kappa shape index (κ3) is 8.08. The molecule has 0 spiro atoms. The van der Waals surface area contributed by atoms with Crippen LogP contribution in [-0.4, -0.2) is 69.6 Å². The third-order valence-corrected chi connectivity index (χ3v) is 6.32. The average molecular weight is 558 g/mol. The summed E-state index contributed by atoms with van der Waals surface area (Å²) in [5.74, 6) is -1.54. The number of likely N-dealkylation sites (tertiary alicyclic amines) is 1. The maximum atomic E-state index is 12.7. The molecule has 0 saturated carbocycles. The highest BCUT2D eigenvalue weighted by Crippen LogP contribution is 2.29. The van der Waals surface area contributed by atoms with Gasteiger partial charge in [-0.15, -0.1) is 0 Å². The number of hydrogen-bond acceptors (Lipinski definition) is 12. The zero-order valence-electron chi connectivity index (χ0n) is 19.9. The number of benzene rings is 1. The van der Waals surface area contributed by atoms with Gasteiger partial charge in [-0.3, -0.25) is 25.0 Å². The van der Waals surface area contributed by atoms with Crippen LogP contribution in [0, 0.1) is 26.1 Å². The fourth-order valence-electron chi connectivity index (χ4n) is 3.52. The number of amides is 1. The van der Waals surface area contributed by atoms with Crippen molar-refractivity contribution < 1.29 is 38.4 Å². The van der Waals surface area contributed by atoms with Gasteiger partial charge in [0.05, 0.1) is 15.8 Å². The molecule has 1 aliphatic heterocycles. The molecule has 0 aliphatic carbocycles. The lowest BCUT2D eigenvalue weighted by Gasteiger charge is -2.32. The first-order valence-corrected chi connectivity index (χ1v) is 12.4. The molecule has 15 heteroatoms. The molecular formula is C22H27N3O10S2. The Hall–Kier alpha value is -3.33. The number of piperidine rings is 1. The van der Waals surface area contributed by atoms with E-state index < -0.39 is 64.0 Å². The molecule has 0 aromatic heterocycles. The van der Waals surface area contributed by atoms with Gasteiger partial charge in [-0.25, -0.2) is 9.59 Å². The molecule has 1 aromatic carbocycles. The summed E-state index contributed by atoms with van der Waals surface area (Å²) < 4.78 is 15.9. The minimum absolute atomic E-state index is 0.0867. The Labute approximate surface area is 223 Å². The Bertz CT molecular complexity index is 1030. The number of carbonyl (C=O) groups is 3. The van der Waals surface area contributed by atoms with E-state index in [1.165, 1.54) is 17.9 Å². The third-order valence-electron chi connectivity index (χ3n) is 5.60. The van der Waals surface area contributed by atoms with Gasteiger partial charge in [0.2, 0.25) is 0 Å². The van der Waals surface area contributed by atoms with E-state index in [1.807, 2.05) is 0 Å². The Kier molecular flexibility index (Phi) is 11.2. The van der Waals surface area contributed by atoms with Crippen LogP contribution in [0.1, 0.15) is 25.3 Å². The van der Waals surface area contributed by atoms with E-state index in [9.17, 15) is 34.6 Å². The Morgan fingerprint density at radius 1 is 1.05 bits per heavy atom. The molecule has 37 heavy (non-hydrogen) atoms. The highest BCUT2D eigenvalue weighted by atomic mass is 32.1. The van der Waals surface area contributed by atoms with Crippen LogP contribution in [0.15, 0.2) is 30.4 Å². The second kappa shape index (κ2) is 13.8. The summed E-state index contributed by atoms with van der Waals surface area (Å²) in [6, 6.07) is 3.35. The second-order valence-electron chi connectivity index (χ2n) is 8.17. The van der Waals surface area contributed by atoms with Crippen LogP contribution in [0.4, 0.5) is 16.2 Å². The van der Waals surface area contributed by atoms with Crippen LogP contribution in [0.2, 0.25) is 0 Å². The van der Waals surface area contributed by atoms with Gasteiger partial charge in [0.15, 0.2) is 0 Å². The maximum absolute atomic E-state index is 12.7. The second-order valence-corrected chi connectivity index (χ2v) is 8.90. The number of nitro benzene ring substituents is 2. The normalized spacial score (nSPS) is 15.3. The fourth-order valence-corrected chi connectivity index (χ4v) is 4.14. The number of hydrogen-bond donors (Lipinski definition) is 2. The van der Waals surface area contributed by atoms with Crippen molar-refractivity contribution in [1.29, 1.82) is 0 Å². The SMILES string of the molecule is C=C(C)C(=O)OC(CS)C(CS)OC(=O)C1CCN(C(=O)OCc2c([N+](=O)[O-])cccc2[N+](=O)[O-])CC1. The van der Waals surface area contributed by atoms with Gasteiger partial charge in [-0.05, 0) is 25.8 Å². The minimum atomic E-state index is -0.836. The standard InChI is InChI=1S/C22H27N3O10S2/c1-13(2)20(26)34-18(11-36)19(12-37)35-21(27)14-6-8-23(9-7-14)22(28)33-10-15-16(24(29)30)4-3-5-17(15)25(31)32/h3-5,14,18-19,36-37H,1,6-12H2,2H3. The molecule has 0 radical (unpaired) electrons. The van der Waals surface area contributed by atoms with Gasteiger partial charge in [0.25, 0.3) is 11.4 Å². The van der Waals surface area contributed by atoms with Crippen molar-refractivity contribution in [3.63, 3.8) is 0 Å². The number of thiol groups is 2. The van der Waals surface area contributed by atoms with E-state index in [2.05, 4.69) is 31.8 Å². The highest BCUT2D eigenvalue weighted by Gasteiger charge is 2.34. The molecule has 0 N–H and O–H groups in total. The Balaban J connectivity index is 1.94. The van der Waals surface area contributed by atoms with E-state index in [4.69, 9.17) is 14.2 Å².